The number of rotatable bonds is 7. The van der Waals surface area contributed by atoms with Gasteiger partial charge in [0.2, 0.25) is 5.91 Å². The second-order valence-corrected chi connectivity index (χ2v) is 5.89. The van der Waals surface area contributed by atoms with Gasteiger partial charge in [0.25, 0.3) is 0 Å². The topological polar surface area (TPSA) is 64.6 Å². The normalized spacial score (nSPS) is 15.0. The van der Waals surface area contributed by atoms with Crippen molar-refractivity contribution in [2.45, 2.75) is 39.0 Å². The summed E-state index contributed by atoms with van der Waals surface area (Å²) in [6.07, 6.45) is 5.24. The van der Waals surface area contributed by atoms with Crippen LogP contribution < -0.4 is 10.1 Å². The average Bonchev–Trinajstić information content (AvgIpc) is 2.59. The fraction of sp³-hybridized carbons (Fsp3) is 0.556. The largest absolute Gasteiger partial charge is 0.490 e. The van der Waals surface area contributed by atoms with Crippen molar-refractivity contribution in [3.8, 4) is 5.75 Å². The Morgan fingerprint density at radius 2 is 1.87 bits per heavy atom. The second-order valence-electron chi connectivity index (χ2n) is 5.89. The molecule has 5 heteroatoms. The lowest BCUT2D eigenvalue weighted by atomic mass is 9.89. The summed E-state index contributed by atoms with van der Waals surface area (Å²) in [5, 5.41) is 2.67. The van der Waals surface area contributed by atoms with Crippen LogP contribution in [-0.2, 0) is 14.3 Å². The predicted octanol–water partition coefficient (Wildman–Crippen LogP) is 2.61. The summed E-state index contributed by atoms with van der Waals surface area (Å²) in [5.74, 6) is 0.385. The van der Waals surface area contributed by atoms with Gasteiger partial charge in [-0.25, -0.2) is 0 Å². The predicted molar refractivity (Wildman–Crippen MR) is 87.2 cm³/mol. The lowest BCUT2D eigenvalue weighted by molar-refractivity contribution is -0.145. The molecule has 1 aromatic carbocycles. The molecule has 0 heterocycles. The molecule has 23 heavy (non-hydrogen) atoms. The number of benzene rings is 1. The van der Waals surface area contributed by atoms with Crippen molar-refractivity contribution < 1.29 is 19.1 Å². The number of aryl methyl sites for hydroxylation is 1. The molecule has 2 rings (SSSR count). The first-order chi connectivity index (χ1) is 11.2. The van der Waals surface area contributed by atoms with E-state index in [2.05, 4.69) is 5.32 Å². The summed E-state index contributed by atoms with van der Waals surface area (Å²) in [5.41, 5.74) is 1.04. The summed E-state index contributed by atoms with van der Waals surface area (Å²) >= 11 is 0. The van der Waals surface area contributed by atoms with E-state index in [0.29, 0.717) is 6.61 Å². The van der Waals surface area contributed by atoms with Gasteiger partial charge < -0.3 is 14.8 Å². The number of carbonyl (C=O) groups is 2. The molecule has 0 atom stereocenters. The van der Waals surface area contributed by atoms with E-state index in [-0.39, 0.29) is 25.0 Å². The molecule has 1 aliphatic rings. The fourth-order valence-corrected chi connectivity index (χ4v) is 2.74. The molecule has 0 bridgehead atoms. The lowest BCUT2D eigenvalue weighted by Gasteiger charge is -2.20. The van der Waals surface area contributed by atoms with Gasteiger partial charge in [-0.15, -0.1) is 0 Å². The molecule has 0 aromatic heterocycles. The third kappa shape index (κ3) is 5.93. The van der Waals surface area contributed by atoms with Gasteiger partial charge in [0.1, 0.15) is 25.5 Å². The van der Waals surface area contributed by atoms with Gasteiger partial charge in [-0.2, -0.15) is 0 Å². The summed E-state index contributed by atoms with van der Waals surface area (Å²) < 4.78 is 10.6. The third-order valence-corrected chi connectivity index (χ3v) is 4.08. The minimum absolute atomic E-state index is 0.0298. The van der Waals surface area contributed by atoms with Crippen molar-refractivity contribution in [3.05, 3.63) is 29.8 Å². The maximum Gasteiger partial charge on any atom is 0.325 e. The number of ether oxygens (including phenoxy) is 2. The highest BCUT2D eigenvalue weighted by Gasteiger charge is 2.21. The Hall–Kier alpha value is -2.04. The number of hydrogen-bond acceptors (Lipinski definition) is 4. The zero-order valence-electron chi connectivity index (χ0n) is 13.7. The maximum absolute atomic E-state index is 11.9. The van der Waals surface area contributed by atoms with Crippen LogP contribution in [-0.4, -0.2) is 31.6 Å². The maximum atomic E-state index is 11.9. The first kappa shape index (κ1) is 17.3. The molecule has 1 aliphatic carbocycles. The highest BCUT2D eigenvalue weighted by Crippen LogP contribution is 2.23. The van der Waals surface area contributed by atoms with E-state index in [1.807, 2.05) is 31.2 Å². The molecule has 0 unspecified atom stereocenters. The van der Waals surface area contributed by atoms with Gasteiger partial charge in [0.15, 0.2) is 0 Å². The number of carbonyl (C=O) groups excluding carboxylic acids is 2. The van der Waals surface area contributed by atoms with Crippen LogP contribution in [0.25, 0.3) is 0 Å². The van der Waals surface area contributed by atoms with Crippen LogP contribution in [0.15, 0.2) is 24.3 Å². The van der Waals surface area contributed by atoms with E-state index in [0.717, 1.165) is 37.0 Å². The average molecular weight is 319 g/mol. The summed E-state index contributed by atoms with van der Waals surface area (Å²) in [7, 11) is 0. The standard InChI is InChI=1S/C18H25NO4/c1-14-7-5-6-10-16(14)22-11-12-23-17(20)13-19-18(21)15-8-3-2-4-9-15/h5-7,10,15H,2-4,8-9,11-13H2,1H3,(H,19,21). The molecule has 0 aliphatic heterocycles. The SMILES string of the molecule is Cc1ccccc1OCCOC(=O)CNC(=O)C1CCCCC1. The number of amides is 1. The second kappa shape index (κ2) is 9.18. The lowest BCUT2D eigenvalue weighted by Crippen LogP contribution is -2.36. The third-order valence-electron chi connectivity index (χ3n) is 4.08. The van der Waals surface area contributed by atoms with Gasteiger partial charge in [-0.3, -0.25) is 9.59 Å². The minimum atomic E-state index is -0.428. The first-order valence-electron chi connectivity index (χ1n) is 8.28. The van der Waals surface area contributed by atoms with Crippen LogP contribution in [0.5, 0.6) is 5.75 Å². The van der Waals surface area contributed by atoms with E-state index < -0.39 is 5.97 Å². The van der Waals surface area contributed by atoms with Crippen LogP contribution in [0.4, 0.5) is 0 Å². The zero-order valence-corrected chi connectivity index (χ0v) is 13.7. The Morgan fingerprint density at radius 1 is 1.13 bits per heavy atom. The molecule has 5 nitrogen and oxygen atoms in total. The highest BCUT2D eigenvalue weighted by molar-refractivity contribution is 5.83. The van der Waals surface area contributed by atoms with Gasteiger partial charge in [0, 0.05) is 5.92 Å². The van der Waals surface area contributed by atoms with Crippen LogP contribution in [0.2, 0.25) is 0 Å². The molecule has 1 saturated carbocycles. The van der Waals surface area contributed by atoms with E-state index in [4.69, 9.17) is 9.47 Å². The number of esters is 1. The Kier molecular flexibility index (Phi) is 6.91. The first-order valence-corrected chi connectivity index (χ1v) is 8.28. The molecular weight excluding hydrogens is 294 g/mol. The van der Waals surface area contributed by atoms with Crippen LogP contribution >= 0.6 is 0 Å². The quantitative estimate of drug-likeness (QED) is 0.620. The Morgan fingerprint density at radius 3 is 2.61 bits per heavy atom. The highest BCUT2D eigenvalue weighted by atomic mass is 16.6. The van der Waals surface area contributed by atoms with Crippen LogP contribution in [0, 0.1) is 12.8 Å². The van der Waals surface area contributed by atoms with Crippen LogP contribution in [0.1, 0.15) is 37.7 Å². The van der Waals surface area contributed by atoms with Gasteiger partial charge in [0.05, 0.1) is 0 Å². The molecular formula is C18H25NO4. The van der Waals surface area contributed by atoms with E-state index in [1.54, 1.807) is 0 Å². The molecule has 0 spiro atoms. The summed E-state index contributed by atoms with van der Waals surface area (Å²) in [6, 6.07) is 7.68. The van der Waals surface area contributed by atoms with Crippen molar-refractivity contribution in [2.75, 3.05) is 19.8 Å². The fourth-order valence-electron chi connectivity index (χ4n) is 2.74. The molecule has 0 radical (unpaired) electrons. The monoisotopic (exact) mass is 319 g/mol. The van der Waals surface area contributed by atoms with Gasteiger partial charge in [-0.1, -0.05) is 37.5 Å². The molecule has 1 fully saturated rings. The van der Waals surface area contributed by atoms with Gasteiger partial charge in [-0.05, 0) is 31.4 Å². The van der Waals surface area contributed by atoms with Crippen molar-refractivity contribution in [2.24, 2.45) is 5.92 Å². The minimum Gasteiger partial charge on any atom is -0.490 e. The summed E-state index contributed by atoms with van der Waals surface area (Å²) in [6.45, 7) is 2.36. The van der Waals surface area contributed by atoms with Crippen molar-refractivity contribution >= 4 is 11.9 Å². The van der Waals surface area contributed by atoms with E-state index in [9.17, 15) is 9.59 Å². The molecule has 126 valence electrons. The van der Waals surface area contributed by atoms with Crippen molar-refractivity contribution in [3.63, 3.8) is 0 Å². The van der Waals surface area contributed by atoms with E-state index >= 15 is 0 Å². The van der Waals surface area contributed by atoms with E-state index in [1.165, 1.54) is 6.42 Å². The van der Waals surface area contributed by atoms with Crippen molar-refractivity contribution in [1.29, 1.82) is 0 Å². The molecule has 1 N–H and O–H groups in total. The molecule has 1 aromatic rings. The Labute approximate surface area is 137 Å². The number of para-hydroxylation sites is 1. The number of hydrogen-bond donors (Lipinski definition) is 1. The summed E-state index contributed by atoms with van der Waals surface area (Å²) in [4.78, 5) is 23.5. The Balaban J connectivity index is 1.58. The van der Waals surface area contributed by atoms with Crippen molar-refractivity contribution in [1.82, 2.24) is 5.32 Å². The number of nitrogens with one attached hydrogen (secondary N) is 1. The molecule has 1 amide bonds. The van der Waals surface area contributed by atoms with Crippen LogP contribution in [0.3, 0.4) is 0 Å². The zero-order chi connectivity index (χ0) is 16.5. The molecule has 0 saturated heterocycles. The smallest absolute Gasteiger partial charge is 0.325 e. The Bertz CT molecular complexity index is 524. The van der Waals surface area contributed by atoms with Gasteiger partial charge >= 0.3 is 5.97 Å².